The third-order valence-electron chi connectivity index (χ3n) is 3.23. The molecular formula is C15H19F3O. The van der Waals surface area contributed by atoms with Gasteiger partial charge in [-0.2, -0.15) is 8.78 Å². The molecule has 0 aromatic heterocycles. The molecule has 1 nitrogen and oxygen atoms in total. The van der Waals surface area contributed by atoms with Crippen LogP contribution >= 0.6 is 0 Å². The average molecular weight is 272 g/mol. The van der Waals surface area contributed by atoms with Gasteiger partial charge in [-0.15, -0.1) is 0 Å². The van der Waals surface area contributed by atoms with Crippen molar-refractivity contribution in [2.75, 3.05) is 6.61 Å². The van der Waals surface area contributed by atoms with E-state index in [2.05, 4.69) is 0 Å². The first kappa shape index (κ1) is 14.4. The molecule has 0 aliphatic heterocycles. The molecule has 0 unspecified atom stereocenters. The highest BCUT2D eigenvalue weighted by atomic mass is 19.3. The first-order valence-electron chi connectivity index (χ1n) is 6.51. The fraction of sp³-hybridized carbons (Fsp3) is 0.600. The van der Waals surface area contributed by atoms with Gasteiger partial charge in [0.1, 0.15) is 12.4 Å². The van der Waals surface area contributed by atoms with Gasteiger partial charge >= 0.3 is 0 Å². The number of benzene rings is 1. The van der Waals surface area contributed by atoms with E-state index in [4.69, 9.17) is 4.74 Å². The molecule has 0 heterocycles. The van der Waals surface area contributed by atoms with E-state index in [0.29, 0.717) is 5.56 Å². The van der Waals surface area contributed by atoms with Crippen LogP contribution < -0.4 is 0 Å². The summed E-state index contributed by atoms with van der Waals surface area (Å²) in [6.07, 6.45) is 1.57. The minimum absolute atomic E-state index is 0.0697. The second-order valence-corrected chi connectivity index (χ2v) is 6.13. The van der Waals surface area contributed by atoms with Crippen molar-refractivity contribution in [3.63, 3.8) is 0 Å². The van der Waals surface area contributed by atoms with Crippen LogP contribution in [0, 0.1) is 5.82 Å². The van der Waals surface area contributed by atoms with Gasteiger partial charge in [-0.05, 0) is 29.9 Å². The van der Waals surface area contributed by atoms with Crippen molar-refractivity contribution < 1.29 is 17.9 Å². The van der Waals surface area contributed by atoms with Gasteiger partial charge in [-0.3, -0.25) is 0 Å². The Balaban J connectivity index is 2.27. The van der Waals surface area contributed by atoms with Crippen LogP contribution in [0.15, 0.2) is 18.2 Å². The van der Waals surface area contributed by atoms with Gasteiger partial charge in [-0.25, -0.2) is 4.39 Å². The first-order chi connectivity index (χ1) is 8.72. The minimum atomic E-state index is -3.28. The molecule has 106 valence electrons. The largest absolute Gasteiger partial charge is 0.372 e. The quantitative estimate of drug-likeness (QED) is 0.789. The van der Waals surface area contributed by atoms with Gasteiger partial charge in [-0.1, -0.05) is 32.9 Å². The molecule has 1 aromatic carbocycles. The highest BCUT2D eigenvalue weighted by Crippen LogP contribution is 2.36. The van der Waals surface area contributed by atoms with E-state index in [1.165, 1.54) is 6.07 Å². The Hall–Kier alpha value is -1.03. The molecule has 0 atom stereocenters. The van der Waals surface area contributed by atoms with E-state index in [0.717, 1.165) is 18.9 Å². The molecule has 0 spiro atoms. The standard InChI is InChI=1S/C15H19F3O/c1-14(2,3)11-5-4-6-12(13(11)16)15(17,18)9-19-10-7-8-10/h4-6,10H,7-9H2,1-3H3. The lowest BCUT2D eigenvalue weighted by atomic mass is 9.85. The Morgan fingerprint density at radius 3 is 2.26 bits per heavy atom. The lowest BCUT2D eigenvalue weighted by molar-refractivity contribution is -0.0895. The molecule has 0 N–H and O–H groups in total. The number of alkyl halides is 2. The second kappa shape index (κ2) is 4.82. The molecule has 19 heavy (non-hydrogen) atoms. The lowest BCUT2D eigenvalue weighted by Crippen LogP contribution is -2.25. The summed E-state index contributed by atoms with van der Waals surface area (Å²) in [6, 6.07) is 4.17. The molecule has 1 fully saturated rings. The molecule has 1 saturated carbocycles. The molecule has 1 aliphatic rings. The molecular weight excluding hydrogens is 253 g/mol. The van der Waals surface area contributed by atoms with Gasteiger partial charge < -0.3 is 4.74 Å². The molecule has 0 saturated heterocycles. The number of hydrogen-bond acceptors (Lipinski definition) is 1. The number of ether oxygens (including phenoxy) is 1. The van der Waals surface area contributed by atoms with E-state index in [9.17, 15) is 13.2 Å². The summed E-state index contributed by atoms with van der Waals surface area (Å²) in [7, 11) is 0. The number of rotatable bonds is 4. The maximum absolute atomic E-state index is 14.3. The van der Waals surface area contributed by atoms with Gasteiger partial charge in [0.25, 0.3) is 5.92 Å². The Morgan fingerprint density at radius 2 is 1.74 bits per heavy atom. The fourth-order valence-electron chi connectivity index (χ4n) is 1.93. The van der Waals surface area contributed by atoms with Crippen molar-refractivity contribution in [1.82, 2.24) is 0 Å². The summed E-state index contributed by atoms with van der Waals surface area (Å²) in [5.41, 5.74) is -0.773. The minimum Gasteiger partial charge on any atom is -0.372 e. The lowest BCUT2D eigenvalue weighted by Gasteiger charge is -2.24. The van der Waals surface area contributed by atoms with Crippen LogP contribution in [0.3, 0.4) is 0 Å². The fourth-order valence-corrected chi connectivity index (χ4v) is 1.93. The smallest absolute Gasteiger partial charge is 0.298 e. The monoisotopic (exact) mass is 272 g/mol. The summed E-state index contributed by atoms with van der Waals surface area (Å²) in [5, 5.41) is 0. The molecule has 0 amide bonds. The highest BCUT2D eigenvalue weighted by molar-refractivity contribution is 5.33. The Bertz CT molecular complexity index is 459. The van der Waals surface area contributed by atoms with Crippen LogP contribution in [-0.2, 0) is 16.1 Å². The molecule has 1 aliphatic carbocycles. The molecule has 4 heteroatoms. The maximum Gasteiger partial charge on any atom is 0.298 e. The zero-order chi connectivity index (χ0) is 14.3. The normalized spacial score (nSPS) is 16.7. The van der Waals surface area contributed by atoms with Crippen LogP contribution in [0.2, 0.25) is 0 Å². The topological polar surface area (TPSA) is 9.23 Å². The zero-order valence-electron chi connectivity index (χ0n) is 11.5. The van der Waals surface area contributed by atoms with Crippen molar-refractivity contribution in [3.05, 3.63) is 35.1 Å². The van der Waals surface area contributed by atoms with E-state index < -0.39 is 29.3 Å². The summed E-state index contributed by atoms with van der Waals surface area (Å²) in [4.78, 5) is 0. The third kappa shape index (κ3) is 3.30. The molecule has 0 radical (unpaired) electrons. The SMILES string of the molecule is CC(C)(C)c1cccc(C(F)(F)COC2CC2)c1F. The Kier molecular flexibility index (Phi) is 3.65. The van der Waals surface area contributed by atoms with E-state index >= 15 is 0 Å². The van der Waals surface area contributed by atoms with Crippen molar-refractivity contribution >= 4 is 0 Å². The number of halogens is 3. The first-order valence-corrected chi connectivity index (χ1v) is 6.51. The van der Waals surface area contributed by atoms with Crippen LogP contribution in [0.1, 0.15) is 44.7 Å². The summed E-state index contributed by atoms with van der Waals surface area (Å²) < 4.78 is 47.3. The Labute approximate surface area is 111 Å². The number of hydrogen-bond donors (Lipinski definition) is 0. The summed E-state index contributed by atoms with van der Waals surface area (Å²) in [6.45, 7) is 4.65. The van der Waals surface area contributed by atoms with Crippen molar-refractivity contribution in [2.24, 2.45) is 0 Å². The Morgan fingerprint density at radius 1 is 1.16 bits per heavy atom. The van der Waals surface area contributed by atoms with Gasteiger partial charge in [0.05, 0.1) is 11.7 Å². The van der Waals surface area contributed by atoms with Crippen molar-refractivity contribution in [3.8, 4) is 0 Å². The molecule has 1 aromatic rings. The average Bonchev–Trinajstić information content (AvgIpc) is 3.08. The van der Waals surface area contributed by atoms with E-state index in [1.54, 1.807) is 26.8 Å². The van der Waals surface area contributed by atoms with Crippen LogP contribution in [0.5, 0.6) is 0 Å². The second-order valence-electron chi connectivity index (χ2n) is 6.13. The molecule has 0 bridgehead atoms. The predicted octanol–water partition coefficient (Wildman–Crippen LogP) is 4.39. The highest BCUT2D eigenvalue weighted by Gasteiger charge is 2.39. The predicted molar refractivity (Wildman–Crippen MR) is 68.0 cm³/mol. The summed E-state index contributed by atoms with van der Waals surface area (Å²) >= 11 is 0. The van der Waals surface area contributed by atoms with Gasteiger partial charge in [0.2, 0.25) is 0 Å². The maximum atomic E-state index is 14.3. The van der Waals surface area contributed by atoms with Crippen LogP contribution in [-0.4, -0.2) is 12.7 Å². The van der Waals surface area contributed by atoms with Gasteiger partial charge in [0, 0.05) is 0 Å². The zero-order valence-corrected chi connectivity index (χ0v) is 11.5. The third-order valence-corrected chi connectivity index (χ3v) is 3.23. The molecule has 2 rings (SSSR count). The van der Waals surface area contributed by atoms with Crippen LogP contribution in [0.4, 0.5) is 13.2 Å². The van der Waals surface area contributed by atoms with Crippen LogP contribution in [0.25, 0.3) is 0 Å². The summed E-state index contributed by atoms with van der Waals surface area (Å²) in [5.74, 6) is -4.10. The van der Waals surface area contributed by atoms with Gasteiger partial charge in [0.15, 0.2) is 0 Å². The van der Waals surface area contributed by atoms with E-state index in [1.807, 2.05) is 0 Å². The van der Waals surface area contributed by atoms with E-state index in [-0.39, 0.29) is 6.10 Å². The van der Waals surface area contributed by atoms with Crippen molar-refractivity contribution in [1.29, 1.82) is 0 Å². The van der Waals surface area contributed by atoms with Crippen molar-refractivity contribution in [2.45, 2.75) is 51.1 Å².